The first-order valence-corrected chi connectivity index (χ1v) is 10.4. The van der Waals surface area contributed by atoms with Gasteiger partial charge in [-0.25, -0.2) is 0 Å². The van der Waals surface area contributed by atoms with Crippen LogP contribution in [0.25, 0.3) is 0 Å². The zero-order valence-electron chi connectivity index (χ0n) is 17.0. The smallest absolute Gasteiger partial charge is 0.282 e. The summed E-state index contributed by atoms with van der Waals surface area (Å²) in [6.07, 6.45) is 0. The van der Waals surface area contributed by atoms with Crippen LogP contribution in [0.1, 0.15) is 6.92 Å². The fourth-order valence-corrected chi connectivity index (χ4v) is 3.81. The van der Waals surface area contributed by atoms with Gasteiger partial charge in [-0.05, 0) is 37.3 Å². The van der Waals surface area contributed by atoms with E-state index >= 15 is 0 Å². The molecule has 6 nitrogen and oxygen atoms in total. The van der Waals surface area contributed by atoms with Gasteiger partial charge in [-0.2, -0.15) is 0 Å². The maximum atomic E-state index is 12.7. The molecule has 1 heterocycles. The Kier molecular flexibility index (Phi) is 7.75. The summed E-state index contributed by atoms with van der Waals surface area (Å²) < 4.78 is 11.1. The quantitative estimate of drug-likeness (QED) is 0.585. The lowest BCUT2D eigenvalue weighted by atomic mass is 10.2. The molecule has 0 saturated carbocycles. The molecule has 3 N–H and O–H groups in total. The van der Waals surface area contributed by atoms with Gasteiger partial charge >= 0.3 is 0 Å². The number of nitrogens with one attached hydrogen (secondary N) is 3. The molecule has 0 aromatic heterocycles. The van der Waals surface area contributed by atoms with Gasteiger partial charge < -0.3 is 24.6 Å². The van der Waals surface area contributed by atoms with Crippen LogP contribution in [0.2, 0.25) is 5.02 Å². The summed E-state index contributed by atoms with van der Waals surface area (Å²) in [5, 5.41) is 3.53. The van der Waals surface area contributed by atoms with E-state index in [0.717, 1.165) is 38.5 Å². The Labute approximate surface area is 177 Å². The number of amides is 1. The van der Waals surface area contributed by atoms with Crippen LogP contribution in [0, 0.1) is 0 Å². The third kappa shape index (κ3) is 6.10. The highest BCUT2D eigenvalue weighted by molar-refractivity contribution is 6.31. The number of hydrogen-bond donors (Lipinski definition) is 3. The summed E-state index contributed by atoms with van der Waals surface area (Å²) in [7, 11) is 1.58. The van der Waals surface area contributed by atoms with Crippen LogP contribution >= 0.6 is 11.6 Å². The van der Waals surface area contributed by atoms with Crippen LogP contribution in [0.3, 0.4) is 0 Å². The highest BCUT2D eigenvalue weighted by Crippen LogP contribution is 2.27. The minimum absolute atomic E-state index is 0.0172. The molecule has 0 bridgehead atoms. The first-order valence-electron chi connectivity index (χ1n) is 10.1. The zero-order chi connectivity index (χ0) is 20.6. The minimum atomic E-state index is -0.138. The number of para-hydroxylation sites is 1. The molecular formula is C22H30ClN3O3+2. The maximum Gasteiger partial charge on any atom is 0.282 e. The van der Waals surface area contributed by atoms with Crippen molar-refractivity contribution in [1.29, 1.82) is 0 Å². The van der Waals surface area contributed by atoms with Crippen LogP contribution < -0.4 is 24.6 Å². The minimum Gasteiger partial charge on any atom is -0.495 e. The number of carbonyl (C=O) groups is 1. The van der Waals surface area contributed by atoms with Crippen molar-refractivity contribution in [3.63, 3.8) is 0 Å². The molecule has 2 aromatic carbocycles. The third-order valence-electron chi connectivity index (χ3n) is 5.49. The average molecular weight is 420 g/mol. The number of quaternary nitrogens is 2. The summed E-state index contributed by atoms with van der Waals surface area (Å²) in [5.41, 5.74) is 0.610. The van der Waals surface area contributed by atoms with E-state index in [-0.39, 0.29) is 11.9 Å². The van der Waals surface area contributed by atoms with E-state index in [1.54, 1.807) is 25.3 Å². The van der Waals surface area contributed by atoms with Gasteiger partial charge in [0.25, 0.3) is 5.91 Å². The van der Waals surface area contributed by atoms with Gasteiger partial charge in [-0.15, -0.1) is 0 Å². The van der Waals surface area contributed by atoms with Gasteiger partial charge in [-0.1, -0.05) is 29.8 Å². The molecule has 1 aliphatic rings. The van der Waals surface area contributed by atoms with E-state index < -0.39 is 0 Å². The van der Waals surface area contributed by atoms with Gasteiger partial charge in [0, 0.05) is 5.02 Å². The van der Waals surface area contributed by atoms with Crippen LogP contribution in [0.4, 0.5) is 5.69 Å². The van der Waals surface area contributed by atoms with Crippen molar-refractivity contribution in [3.05, 3.63) is 53.6 Å². The van der Waals surface area contributed by atoms with Crippen molar-refractivity contribution in [3.8, 4) is 11.5 Å². The maximum absolute atomic E-state index is 12.7. The largest absolute Gasteiger partial charge is 0.495 e. The van der Waals surface area contributed by atoms with Gasteiger partial charge in [0.1, 0.15) is 50.8 Å². The fourth-order valence-electron chi connectivity index (χ4n) is 3.64. The number of methoxy groups -OCH3 is 1. The Morgan fingerprint density at radius 2 is 1.86 bits per heavy atom. The predicted molar refractivity (Wildman–Crippen MR) is 114 cm³/mol. The number of anilines is 1. The molecule has 0 unspecified atom stereocenters. The number of hydrogen-bond acceptors (Lipinski definition) is 3. The second-order valence-corrected chi connectivity index (χ2v) is 7.81. The number of halogens is 1. The Morgan fingerprint density at radius 1 is 1.14 bits per heavy atom. The van der Waals surface area contributed by atoms with Crippen molar-refractivity contribution < 1.29 is 24.1 Å². The molecule has 1 aliphatic heterocycles. The third-order valence-corrected chi connectivity index (χ3v) is 5.73. The Hall–Kier alpha value is -2.28. The Morgan fingerprint density at radius 3 is 2.55 bits per heavy atom. The highest BCUT2D eigenvalue weighted by atomic mass is 35.5. The summed E-state index contributed by atoms with van der Waals surface area (Å²) >= 11 is 6.06. The van der Waals surface area contributed by atoms with Crippen molar-refractivity contribution in [2.45, 2.75) is 13.0 Å². The van der Waals surface area contributed by atoms with Gasteiger partial charge in [-0.3, -0.25) is 4.79 Å². The number of rotatable bonds is 8. The summed E-state index contributed by atoms with van der Waals surface area (Å²) in [4.78, 5) is 15.6. The molecule has 0 spiro atoms. The lowest BCUT2D eigenvalue weighted by molar-refractivity contribution is -1.02. The van der Waals surface area contributed by atoms with Crippen LogP contribution in [-0.2, 0) is 4.79 Å². The zero-order valence-corrected chi connectivity index (χ0v) is 17.8. The number of carbonyl (C=O) groups excluding carboxylic acids is 1. The van der Waals surface area contributed by atoms with Crippen molar-refractivity contribution in [2.75, 3.05) is 51.8 Å². The summed E-state index contributed by atoms with van der Waals surface area (Å²) in [6, 6.07) is 15.0. The normalized spacial score (nSPS) is 20.0. The molecule has 1 fully saturated rings. The van der Waals surface area contributed by atoms with E-state index in [4.69, 9.17) is 21.1 Å². The monoisotopic (exact) mass is 419 g/mol. The van der Waals surface area contributed by atoms with E-state index in [2.05, 4.69) is 5.32 Å². The van der Waals surface area contributed by atoms with E-state index in [9.17, 15) is 4.79 Å². The molecule has 0 aliphatic carbocycles. The topological polar surface area (TPSA) is 56.4 Å². The number of benzene rings is 2. The molecule has 0 radical (unpaired) electrons. The molecule has 156 valence electrons. The fraction of sp³-hybridized carbons (Fsp3) is 0.409. The number of piperazine rings is 1. The molecule has 29 heavy (non-hydrogen) atoms. The van der Waals surface area contributed by atoms with Crippen molar-refractivity contribution in [2.24, 2.45) is 0 Å². The molecule has 1 saturated heterocycles. The number of ether oxygens (including phenoxy) is 2. The van der Waals surface area contributed by atoms with Gasteiger partial charge in [0.05, 0.1) is 12.8 Å². The molecule has 1 atom stereocenters. The molecule has 3 rings (SSSR count). The van der Waals surface area contributed by atoms with Crippen LogP contribution in [0.15, 0.2) is 48.5 Å². The van der Waals surface area contributed by atoms with Gasteiger partial charge in [0.2, 0.25) is 0 Å². The lowest BCUT2D eigenvalue weighted by Gasteiger charge is -2.32. The van der Waals surface area contributed by atoms with Crippen LogP contribution in [-0.4, -0.2) is 58.4 Å². The molecule has 7 heteroatoms. The SMILES string of the molecule is COc1ccc(Cl)cc1NC(=O)[C@H](C)[NH+]1CC[NH+](CCOc2ccccc2)CC1. The van der Waals surface area contributed by atoms with Crippen molar-refractivity contribution >= 4 is 23.2 Å². The van der Waals surface area contributed by atoms with Crippen molar-refractivity contribution in [1.82, 2.24) is 0 Å². The van der Waals surface area contributed by atoms with Gasteiger partial charge in [0.15, 0.2) is 6.04 Å². The molecule has 1 amide bonds. The highest BCUT2D eigenvalue weighted by Gasteiger charge is 2.31. The standard InChI is InChI=1S/C22H28ClN3O3/c1-17(22(27)24-20-16-18(23)8-9-21(20)28-2)26-12-10-25(11-13-26)14-15-29-19-6-4-3-5-7-19/h3-9,16-17H,10-15H2,1-2H3,(H,24,27)/p+2/t17-/m0/s1. The Bertz CT molecular complexity index is 795. The Balaban J connectivity index is 1.44. The first kappa shape index (κ1) is 21.4. The van der Waals surface area contributed by atoms with E-state index in [1.807, 2.05) is 37.3 Å². The second kappa shape index (κ2) is 10.5. The predicted octanol–water partition coefficient (Wildman–Crippen LogP) is 0.538. The summed E-state index contributed by atoms with van der Waals surface area (Å²) in [5.74, 6) is 1.51. The molecule has 2 aromatic rings. The van der Waals surface area contributed by atoms with E-state index in [0.29, 0.717) is 23.1 Å². The van der Waals surface area contributed by atoms with E-state index in [1.165, 1.54) is 9.80 Å². The van der Waals surface area contributed by atoms with Crippen LogP contribution in [0.5, 0.6) is 11.5 Å². The average Bonchev–Trinajstić information content (AvgIpc) is 2.74. The molecular weight excluding hydrogens is 390 g/mol. The second-order valence-electron chi connectivity index (χ2n) is 7.38. The first-order chi connectivity index (χ1) is 14.1. The summed E-state index contributed by atoms with van der Waals surface area (Å²) in [6.45, 7) is 7.65. The lowest BCUT2D eigenvalue weighted by Crippen LogP contribution is -3.30.